The molecule has 0 bridgehead atoms. The second-order valence-electron chi connectivity index (χ2n) is 2.53. The first kappa shape index (κ1) is 6.33. The van der Waals surface area contributed by atoms with Gasteiger partial charge >= 0.3 is 0 Å². The molecule has 0 spiro atoms. The molecule has 0 radical (unpaired) electrons. The fraction of sp³-hybridized carbons (Fsp3) is 0.571. The third kappa shape index (κ3) is 1.31. The van der Waals surface area contributed by atoms with Crippen LogP contribution in [0.2, 0.25) is 0 Å². The Morgan fingerprint density at radius 3 is 2.33 bits per heavy atom. The summed E-state index contributed by atoms with van der Waals surface area (Å²) in [6, 6.07) is 0. The second kappa shape index (κ2) is 2.21. The van der Waals surface area contributed by atoms with Crippen molar-refractivity contribution in [3.63, 3.8) is 0 Å². The maximum absolute atomic E-state index is 10.6. The van der Waals surface area contributed by atoms with E-state index >= 15 is 0 Å². The molecule has 1 aliphatic rings. The predicted octanol–water partition coefficient (Wildman–Crippen LogP) is 1.19. The highest BCUT2D eigenvalue weighted by Crippen LogP contribution is 2.13. The van der Waals surface area contributed by atoms with Crippen LogP contribution in [0.25, 0.3) is 0 Å². The average Bonchev–Trinajstić information content (AvgIpc) is 2.14. The van der Waals surface area contributed by atoms with Gasteiger partial charge in [-0.15, -0.1) is 0 Å². The minimum Gasteiger partial charge on any atom is -0.330 e. The van der Waals surface area contributed by atoms with E-state index in [1.807, 2.05) is 13.8 Å². The average molecular weight is 125 g/mol. The zero-order chi connectivity index (χ0) is 6.85. The number of amides is 1. The lowest BCUT2D eigenvalue weighted by atomic mass is 10.2. The number of nitrogens with one attached hydrogen (secondary N) is 1. The largest absolute Gasteiger partial charge is 0.330 e. The molecule has 1 N–H and O–H groups in total. The lowest BCUT2D eigenvalue weighted by Gasteiger charge is -1.97. The summed E-state index contributed by atoms with van der Waals surface area (Å²) in [5, 5.41) is 2.79. The maximum atomic E-state index is 10.6. The first-order valence-corrected chi connectivity index (χ1v) is 3.16. The molecule has 9 heavy (non-hydrogen) atoms. The van der Waals surface area contributed by atoms with Crippen molar-refractivity contribution in [2.24, 2.45) is 0 Å². The van der Waals surface area contributed by atoms with E-state index in [9.17, 15) is 4.79 Å². The molecule has 0 aromatic heterocycles. The molecule has 0 saturated carbocycles. The fourth-order valence-corrected chi connectivity index (χ4v) is 0.907. The zero-order valence-corrected chi connectivity index (χ0v) is 5.82. The van der Waals surface area contributed by atoms with Gasteiger partial charge in [0.1, 0.15) is 0 Å². The molecule has 50 valence electrons. The van der Waals surface area contributed by atoms with Crippen LogP contribution in [-0.4, -0.2) is 5.91 Å². The zero-order valence-electron chi connectivity index (χ0n) is 5.82. The fourth-order valence-electron chi connectivity index (χ4n) is 0.907. The van der Waals surface area contributed by atoms with Crippen molar-refractivity contribution >= 4 is 5.91 Å². The molecule has 1 amide bonds. The standard InChI is InChI=1S/C7H11NO/c1-5(2)6-3-4-7(9)8-6/h3-4H2,1-2H3,(H,8,9). The van der Waals surface area contributed by atoms with Crippen molar-refractivity contribution in [2.45, 2.75) is 26.7 Å². The molecule has 1 aliphatic heterocycles. The van der Waals surface area contributed by atoms with Crippen LogP contribution < -0.4 is 5.32 Å². The summed E-state index contributed by atoms with van der Waals surface area (Å²) >= 11 is 0. The molecular formula is C7H11NO. The van der Waals surface area contributed by atoms with Crippen molar-refractivity contribution in [3.05, 3.63) is 11.3 Å². The van der Waals surface area contributed by atoms with E-state index in [0.717, 1.165) is 12.1 Å². The highest BCUT2D eigenvalue weighted by Gasteiger charge is 2.13. The molecule has 1 saturated heterocycles. The van der Waals surface area contributed by atoms with Crippen molar-refractivity contribution in [1.29, 1.82) is 0 Å². The van der Waals surface area contributed by atoms with Crippen LogP contribution in [-0.2, 0) is 4.79 Å². The van der Waals surface area contributed by atoms with Gasteiger partial charge in [0.25, 0.3) is 0 Å². The third-order valence-electron chi connectivity index (χ3n) is 1.50. The number of carbonyl (C=O) groups is 1. The summed E-state index contributed by atoms with van der Waals surface area (Å²) in [5.41, 5.74) is 2.33. The van der Waals surface area contributed by atoms with Gasteiger partial charge in [0, 0.05) is 12.1 Å². The number of rotatable bonds is 0. The smallest absolute Gasteiger partial charge is 0.224 e. The number of carbonyl (C=O) groups excluding carboxylic acids is 1. The lowest BCUT2D eigenvalue weighted by Crippen LogP contribution is -2.12. The van der Waals surface area contributed by atoms with Gasteiger partial charge in [0.15, 0.2) is 0 Å². The summed E-state index contributed by atoms with van der Waals surface area (Å²) in [7, 11) is 0. The van der Waals surface area contributed by atoms with Gasteiger partial charge in [0.05, 0.1) is 0 Å². The molecule has 1 heterocycles. The SMILES string of the molecule is CC(C)=C1CCC(=O)N1. The van der Waals surface area contributed by atoms with Crippen LogP contribution >= 0.6 is 0 Å². The summed E-state index contributed by atoms with van der Waals surface area (Å²) in [6.45, 7) is 4.03. The van der Waals surface area contributed by atoms with Crippen LogP contribution in [0.5, 0.6) is 0 Å². The highest BCUT2D eigenvalue weighted by molar-refractivity contribution is 5.81. The second-order valence-corrected chi connectivity index (χ2v) is 2.53. The van der Waals surface area contributed by atoms with Gasteiger partial charge in [-0.2, -0.15) is 0 Å². The van der Waals surface area contributed by atoms with Crippen LogP contribution in [0.1, 0.15) is 26.7 Å². The van der Waals surface area contributed by atoms with Gasteiger partial charge in [-0.05, 0) is 20.3 Å². The van der Waals surface area contributed by atoms with E-state index in [0.29, 0.717) is 6.42 Å². The van der Waals surface area contributed by atoms with Crippen molar-refractivity contribution in [1.82, 2.24) is 5.32 Å². The first-order valence-electron chi connectivity index (χ1n) is 3.16. The number of hydrogen-bond acceptors (Lipinski definition) is 1. The van der Waals surface area contributed by atoms with E-state index in [-0.39, 0.29) is 5.91 Å². The summed E-state index contributed by atoms with van der Waals surface area (Å²) in [6.07, 6.45) is 1.57. The number of hydrogen-bond donors (Lipinski definition) is 1. The Hall–Kier alpha value is -0.790. The van der Waals surface area contributed by atoms with E-state index < -0.39 is 0 Å². The highest BCUT2D eigenvalue weighted by atomic mass is 16.1. The molecule has 0 unspecified atom stereocenters. The number of allylic oxidation sites excluding steroid dienone is 2. The molecular weight excluding hydrogens is 114 g/mol. The van der Waals surface area contributed by atoms with Crippen LogP contribution in [0, 0.1) is 0 Å². The molecule has 2 heteroatoms. The van der Waals surface area contributed by atoms with Crippen molar-refractivity contribution in [2.75, 3.05) is 0 Å². The van der Waals surface area contributed by atoms with Gasteiger partial charge in [-0.3, -0.25) is 4.79 Å². The topological polar surface area (TPSA) is 29.1 Å². The van der Waals surface area contributed by atoms with Gasteiger partial charge in [-0.1, -0.05) is 5.57 Å². The summed E-state index contributed by atoms with van der Waals surface area (Å²) in [5.74, 6) is 0.159. The van der Waals surface area contributed by atoms with E-state index in [1.165, 1.54) is 5.57 Å². The Morgan fingerprint density at radius 1 is 1.44 bits per heavy atom. The Balaban J connectivity index is 2.69. The van der Waals surface area contributed by atoms with Gasteiger partial charge in [-0.25, -0.2) is 0 Å². The van der Waals surface area contributed by atoms with E-state index in [2.05, 4.69) is 5.32 Å². The molecule has 1 fully saturated rings. The van der Waals surface area contributed by atoms with Crippen LogP contribution in [0.4, 0.5) is 0 Å². The maximum Gasteiger partial charge on any atom is 0.224 e. The Morgan fingerprint density at radius 2 is 2.11 bits per heavy atom. The monoisotopic (exact) mass is 125 g/mol. The summed E-state index contributed by atoms with van der Waals surface area (Å²) in [4.78, 5) is 10.6. The molecule has 0 aromatic rings. The minimum atomic E-state index is 0.159. The normalized spacial score (nSPS) is 18.0. The quantitative estimate of drug-likeness (QED) is 0.517. The molecule has 0 aromatic carbocycles. The van der Waals surface area contributed by atoms with E-state index in [4.69, 9.17) is 0 Å². The Labute approximate surface area is 54.9 Å². The first-order chi connectivity index (χ1) is 4.20. The van der Waals surface area contributed by atoms with E-state index in [1.54, 1.807) is 0 Å². The lowest BCUT2D eigenvalue weighted by molar-refractivity contribution is -0.118. The third-order valence-corrected chi connectivity index (χ3v) is 1.50. The van der Waals surface area contributed by atoms with Crippen LogP contribution in [0.3, 0.4) is 0 Å². The molecule has 1 rings (SSSR count). The van der Waals surface area contributed by atoms with Crippen molar-refractivity contribution in [3.8, 4) is 0 Å². The molecule has 0 aliphatic carbocycles. The van der Waals surface area contributed by atoms with Crippen LogP contribution in [0.15, 0.2) is 11.3 Å². The Kier molecular flexibility index (Phi) is 1.56. The molecule has 2 nitrogen and oxygen atoms in total. The Bertz CT molecular complexity index is 166. The van der Waals surface area contributed by atoms with Crippen molar-refractivity contribution < 1.29 is 4.79 Å². The van der Waals surface area contributed by atoms with Gasteiger partial charge in [0.2, 0.25) is 5.91 Å². The predicted molar refractivity (Wildman–Crippen MR) is 35.8 cm³/mol. The minimum absolute atomic E-state index is 0.159. The molecule has 0 atom stereocenters. The van der Waals surface area contributed by atoms with Gasteiger partial charge < -0.3 is 5.32 Å². The summed E-state index contributed by atoms with van der Waals surface area (Å²) < 4.78 is 0.